The minimum atomic E-state index is -0.699. The van der Waals surface area contributed by atoms with Gasteiger partial charge in [0.2, 0.25) is 12.0 Å². The van der Waals surface area contributed by atoms with Gasteiger partial charge in [-0.25, -0.2) is 0 Å². The quantitative estimate of drug-likeness (QED) is 0.934. The molecule has 2 amide bonds. The first-order chi connectivity index (χ1) is 12.2. The van der Waals surface area contributed by atoms with E-state index in [2.05, 4.69) is 5.32 Å². The molecule has 6 heteroatoms. The molecule has 128 valence electrons. The van der Waals surface area contributed by atoms with E-state index in [9.17, 15) is 9.59 Å². The van der Waals surface area contributed by atoms with Gasteiger partial charge in [-0.3, -0.25) is 9.59 Å². The van der Waals surface area contributed by atoms with Gasteiger partial charge in [0.25, 0.3) is 5.91 Å². The Hall–Kier alpha value is -3.02. The van der Waals surface area contributed by atoms with Crippen LogP contribution in [0.25, 0.3) is 0 Å². The number of para-hydroxylation sites is 2. The summed E-state index contributed by atoms with van der Waals surface area (Å²) in [6, 6.07) is 14.5. The van der Waals surface area contributed by atoms with Gasteiger partial charge >= 0.3 is 0 Å². The van der Waals surface area contributed by atoms with Gasteiger partial charge in [0, 0.05) is 24.3 Å². The van der Waals surface area contributed by atoms with E-state index < -0.39 is 6.10 Å². The number of anilines is 2. The number of carbonyl (C=O) groups is 2. The van der Waals surface area contributed by atoms with Crippen LogP contribution < -0.4 is 19.7 Å². The fourth-order valence-electron chi connectivity index (χ4n) is 3.02. The van der Waals surface area contributed by atoms with E-state index in [4.69, 9.17) is 9.47 Å². The van der Waals surface area contributed by atoms with Crippen molar-refractivity contribution in [2.45, 2.75) is 18.9 Å². The molecule has 1 N–H and O–H groups in total. The van der Waals surface area contributed by atoms with Crippen LogP contribution in [0.2, 0.25) is 0 Å². The lowest BCUT2D eigenvalue weighted by Gasteiger charge is -2.25. The molecule has 0 unspecified atom stereocenters. The molecule has 2 heterocycles. The zero-order chi connectivity index (χ0) is 17.2. The summed E-state index contributed by atoms with van der Waals surface area (Å²) in [5, 5.41) is 2.82. The van der Waals surface area contributed by atoms with Crippen molar-refractivity contribution < 1.29 is 19.1 Å². The highest BCUT2D eigenvalue weighted by Gasteiger charge is 2.27. The van der Waals surface area contributed by atoms with Crippen LogP contribution in [-0.4, -0.2) is 31.1 Å². The van der Waals surface area contributed by atoms with Crippen molar-refractivity contribution in [3.8, 4) is 11.5 Å². The maximum Gasteiger partial charge on any atom is 0.269 e. The highest BCUT2D eigenvalue weighted by Crippen LogP contribution is 2.31. The lowest BCUT2D eigenvalue weighted by Crippen LogP contribution is -2.40. The zero-order valence-electron chi connectivity index (χ0n) is 13.6. The molecule has 0 aliphatic carbocycles. The molecule has 2 aliphatic heterocycles. The first-order valence-corrected chi connectivity index (χ1v) is 8.30. The van der Waals surface area contributed by atoms with Crippen LogP contribution in [0.5, 0.6) is 11.5 Å². The third kappa shape index (κ3) is 3.15. The van der Waals surface area contributed by atoms with Gasteiger partial charge in [-0.1, -0.05) is 12.1 Å². The van der Waals surface area contributed by atoms with Crippen molar-refractivity contribution >= 4 is 23.2 Å². The summed E-state index contributed by atoms with van der Waals surface area (Å²) in [6.45, 7) is 0.917. The predicted molar refractivity (Wildman–Crippen MR) is 93.0 cm³/mol. The third-order valence-electron chi connectivity index (χ3n) is 4.32. The molecule has 0 aromatic heterocycles. The highest BCUT2D eigenvalue weighted by molar-refractivity contribution is 5.97. The van der Waals surface area contributed by atoms with Crippen molar-refractivity contribution in [3.05, 3.63) is 48.5 Å². The fraction of sp³-hybridized carbons (Fsp3) is 0.263. The minimum absolute atomic E-state index is 0.142. The number of ether oxygens (including phenoxy) is 2. The summed E-state index contributed by atoms with van der Waals surface area (Å²) in [5.41, 5.74) is 1.51. The largest absolute Gasteiger partial charge is 0.485 e. The molecule has 4 rings (SSSR count). The van der Waals surface area contributed by atoms with Crippen LogP contribution >= 0.6 is 0 Å². The summed E-state index contributed by atoms with van der Waals surface area (Å²) in [6.07, 6.45) is 0.784. The normalized spacial score (nSPS) is 19.0. The monoisotopic (exact) mass is 338 g/mol. The molecule has 25 heavy (non-hydrogen) atoms. The van der Waals surface area contributed by atoms with Crippen molar-refractivity contribution in [1.82, 2.24) is 0 Å². The molecule has 1 fully saturated rings. The minimum Gasteiger partial charge on any atom is -0.485 e. The van der Waals surface area contributed by atoms with Crippen LogP contribution in [0.4, 0.5) is 11.4 Å². The van der Waals surface area contributed by atoms with Crippen LogP contribution in [0.3, 0.4) is 0 Å². The molecular formula is C19H18N2O4. The number of benzene rings is 2. The van der Waals surface area contributed by atoms with Crippen molar-refractivity contribution in [2.75, 3.05) is 23.4 Å². The average molecular weight is 338 g/mol. The molecule has 0 saturated carbocycles. The fourth-order valence-corrected chi connectivity index (χ4v) is 3.02. The Morgan fingerprint density at radius 2 is 1.84 bits per heavy atom. The third-order valence-corrected chi connectivity index (χ3v) is 4.32. The van der Waals surface area contributed by atoms with E-state index in [1.165, 1.54) is 0 Å². The van der Waals surface area contributed by atoms with E-state index in [1.807, 2.05) is 30.3 Å². The Morgan fingerprint density at radius 3 is 2.56 bits per heavy atom. The number of nitrogens with zero attached hydrogens (tertiary/aromatic N) is 1. The Bertz CT molecular complexity index is 803. The first-order valence-electron chi connectivity index (χ1n) is 8.30. The second-order valence-electron chi connectivity index (χ2n) is 6.05. The van der Waals surface area contributed by atoms with Gasteiger partial charge in [0.15, 0.2) is 11.5 Å². The number of rotatable bonds is 3. The molecule has 1 atom stereocenters. The molecule has 6 nitrogen and oxygen atoms in total. The van der Waals surface area contributed by atoms with Gasteiger partial charge < -0.3 is 19.7 Å². The Balaban J connectivity index is 1.40. The number of amides is 2. The standard InChI is InChI=1S/C19H18N2O4/c22-18-6-3-11-21(18)14-9-7-13(8-10-14)20-19(23)17-12-24-15-4-1-2-5-16(15)25-17/h1-2,4-5,7-10,17H,3,6,11-12H2,(H,20,23)/t17-/m1/s1. The maximum absolute atomic E-state index is 12.4. The van der Waals surface area contributed by atoms with Gasteiger partial charge in [-0.05, 0) is 42.8 Å². The van der Waals surface area contributed by atoms with Gasteiger partial charge in [-0.15, -0.1) is 0 Å². The van der Waals surface area contributed by atoms with E-state index in [0.29, 0.717) is 23.6 Å². The number of nitrogens with one attached hydrogen (secondary N) is 1. The predicted octanol–water partition coefficient (Wildman–Crippen LogP) is 2.59. The smallest absolute Gasteiger partial charge is 0.269 e. The van der Waals surface area contributed by atoms with E-state index in [-0.39, 0.29) is 18.4 Å². The van der Waals surface area contributed by atoms with Gasteiger partial charge in [-0.2, -0.15) is 0 Å². The summed E-state index contributed by atoms with van der Waals surface area (Å²) in [7, 11) is 0. The lowest BCUT2D eigenvalue weighted by atomic mass is 10.2. The van der Waals surface area contributed by atoms with Crippen LogP contribution in [0.1, 0.15) is 12.8 Å². The molecule has 0 bridgehead atoms. The summed E-state index contributed by atoms with van der Waals surface area (Å²) < 4.78 is 11.3. The van der Waals surface area contributed by atoms with Crippen LogP contribution in [0.15, 0.2) is 48.5 Å². The number of carbonyl (C=O) groups excluding carboxylic acids is 2. The van der Waals surface area contributed by atoms with Crippen molar-refractivity contribution in [1.29, 1.82) is 0 Å². The van der Waals surface area contributed by atoms with E-state index in [0.717, 1.165) is 18.7 Å². The summed E-state index contributed by atoms with van der Waals surface area (Å²) in [5.74, 6) is 1.09. The first kappa shape index (κ1) is 15.5. The zero-order valence-corrected chi connectivity index (χ0v) is 13.6. The van der Waals surface area contributed by atoms with E-state index >= 15 is 0 Å². The Kier molecular flexibility index (Phi) is 4.01. The molecular weight excluding hydrogens is 320 g/mol. The van der Waals surface area contributed by atoms with Crippen LogP contribution in [0, 0.1) is 0 Å². The molecule has 2 aromatic carbocycles. The summed E-state index contributed by atoms with van der Waals surface area (Å²) >= 11 is 0. The van der Waals surface area contributed by atoms with Gasteiger partial charge in [0.1, 0.15) is 6.61 Å². The molecule has 0 radical (unpaired) electrons. The lowest BCUT2D eigenvalue weighted by molar-refractivity contribution is -0.125. The van der Waals surface area contributed by atoms with Gasteiger partial charge in [0.05, 0.1) is 0 Å². The second kappa shape index (κ2) is 6.47. The SMILES string of the molecule is O=C(Nc1ccc(N2CCCC2=O)cc1)[C@H]1COc2ccccc2O1. The van der Waals surface area contributed by atoms with E-state index in [1.54, 1.807) is 23.1 Å². The van der Waals surface area contributed by atoms with Crippen molar-refractivity contribution in [3.63, 3.8) is 0 Å². The molecule has 2 aliphatic rings. The van der Waals surface area contributed by atoms with Crippen molar-refractivity contribution in [2.24, 2.45) is 0 Å². The number of hydrogen-bond acceptors (Lipinski definition) is 4. The molecule has 0 spiro atoms. The maximum atomic E-state index is 12.4. The Morgan fingerprint density at radius 1 is 1.08 bits per heavy atom. The second-order valence-corrected chi connectivity index (χ2v) is 6.05. The number of fused-ring (bicyclic) bond motifs is 1. The van der Waals surface area contributed by atoms with Crippen LogP contribution in [-0.2, 0) is 9.59 Å². The highest BCUT2D eigenvalue weighted by atomic mass is 16.6. The topological polar surface area (TPSA) is 67.9 Å². The molecule has 1 saturated heterocycles. The number of hydrogen-bond donors (Lipinski definition) is 1. The Labute approximate surface area is 145 Å². The average Bonchev–Trinajstić information content (AvgIpc) is 3.08. The molecule has 2 aromatic rings. The summed E-state index contributed by atoms with van der Waals surface area (Å²) in [4.78, 5) is 25.9.